The van der Waals surface area contributed by atoms with E-state index in [-0.39, 0.29) is 11.8 Å². The molecule has 0 aliphatic rings. The number of halogens is 4. The minimum absolute atomic E-state index is 0.00898. The van der Waals surface area contributed by atoms with Gasteiger partial charge in [0.25, 0.3) is 11.8 Å². The molecule has 4 aromatic carbocycles. The smallest absolute Gasteiger partial charge is 0.272 e. The Labute approximate surface area is 249 Å². The van der Waals surface area contributed by atoms with E-state index in [4.69, 9.17) is 0 Å². The normalized spacial score (nSPS) is 11.9. The SMILES string of the molecule is Cc1ccc(/C=C(\NC(=O)c2ccccc2)C(=O)Nc2ccc(SC(C)C(=O)Nc3c(F)c(F)cc(F)c3F)cc2)cc1. The molecule has 1 atom stereocenters. The molecule has 43 heavy (non-hydrogen) atoms. The van der Waals surface area contributed by atoms with Gasteiger partial charge < -0.3 is 16.0 Å². The maximum absolute atomic E-state index is 13.9. The number of aryl methyl sites for hydroxylation is 1. The lowest BCUT2D eigenvalue weighted by atomic mass is 10.1. The van der Waals surface area contributed by atoms with Crippen molar-refractivity contribution in [2.24, 2.45) is 0 Å². The number of nitrogens with one attached hydrogen (secondary N) is 3. The molecule has 0 saturated carbocycles. The predicted molar refractivity (Wildman–Crippen MR) is 158 cm³/mol. The van der Waals surface area contributed by atoms with Crippen LogP contribution in [0.25, 0.3) is 6.08 Å². The molecule has 0 bridgehead atoms. The monoisotopic (exact) mass is 607 g/mol. The molecule has 4 aromatic rings. The van der Waals surface area contributed by atoms with Crippen molar-refractivity contribution in [3.63, 3.8) is 0 Å². The van der Waals surface area contributed by atoms with E-state index in [0.29, 0.717) is 21.7 Å². The van der Waals surface area contributed by atoms with E-state index in [9.17, 15) is 31.9 Å². The Bertz CT molecular complexity index is 1650. The van der Waals surface area contributed by atoms with Gasteiger partial charge in [-0.1, -0.05) is 48.0 Å². The van der Waals surface area contributed by atoms with Crippen molar-refractivity contribution in [1.82, 2.24) is 5.32 Å². The van der Waals surface area contributed by atoms with Gasteiger partial charge in [-0.3, -0.25) is 14.4 Å². The summed E-state index contributed by atoms with van der Waals surface area (Å²) in [6.45, 7) is 3.37. The number of anilines is 2. The minimum atomic E-state index is -1.71. The highest BCUT2D eigenvalue weighted by Gasteiger charge is 2.23. The molecule has 3 amide bonds. The first-order valence-corrected chi connectivity index (χ1v) is 13.8. The molecule has 0 spiro atoms. The van der Waals surface area contributed by atoms with E-state index in [1.54, 1.807) is 60.7 Å². The van der Waals surface area contributed by atoms with Crippen molar-refractivity contribution >= 4 is 46.9 Å². The largest absolute Gasteiger partial charge is 0.321 e. The maximum atomic E-state index is 13.9. The third-order valence-electron chi connectivity index (χ3n) is 6.07. The zero-order valence-electron chi connectivity index (χ0n) is 22.9. The van der Waals surface area contributed by atoms with Gasteiger partial charge in [0.05, 0.1) is 5.25 Å². The molecule has 0 aliphatic carbocycles. The highest BCUT2D eigenvalue weighted by Crippen LogP contribution is 2.28. The van der Waals surface area contributed by atoms with Crippen molar-refractivity contribution < 1.29 is 31.9 Å². The Morgan fingerprint density at radius 2 is 1.40 bits per heavy atom. The summed E-state index contributed by atoms with van der Waals surface area (Å²) in [6, 6.07) is 22.2. The molecule has 1 unspecified atom stereocenters. The van der Waals surface area contributed by atoms with Gasteiger partial charge in [0.1, 0.15) is 11.4 Å². The maximum Gasteiger partial charge on any atom is 0.272 e. The lowest BCUT2D eigenvalue weighted by Crippen LogP contribution is -2.30. The fraction of sp³-hybridized carbons (Fsp3) is 0.0938. The van der Waals surface area contributed by atoms with Gasteiger partial charge in [-0.05, 0) is 61.9 Å². The molecule has 4 rings (SSSR count). The van der Waals surface area contributed by atoms with Crippen molar-refractivity contribution in [2.45, 2.75) is 24.0 Å². The Balaban J connectivity index is 1.44. The molecule has 0 aliphatic heterocycles. The van der Waals surface area contributed by atoms with Gasteiger partial charge in [-0.2, -0.15) is 0 Å². The second-order valence-corrected chi connectivity index (χ2v) is 10.8. The molecule has 3 N–H and O–H groups in total. The van der Waals surface area contributed by atoms with E-state index in [1.807, 2.05) is 36.5 Å². The summed E-state index contributed by atoms with van der Waals surface area (Å²) in [7, 11) is 0. The molecular formula is C32H25F4N3O3S. The lowest BCUT2D eigenvalue weighted by molar-refractivity contribution is -0.115. The van der Waals surface area contributed by atoms with Crippen molar-refractivity contribution in [1.29, 1.82) is 0 Å². The highest BCUT2D eigenvalue weighted by atomic mass is 32.2. The number of carbonyl (C=O) groups is 3. The summed E-state index contributed by atoms with van der Waals surface area (Å²) in [5.74, 6) is -8.61. The van der Waals surface area contributed by atoms with Crippen LogP contribution in [0.5, 0.6) is 0 Å². The topological polar surface area (TPSA) is 87.3 Å². The van der Waals surface area contributed by atoms with Crippen LogP contribution in [0.3, 0.4) is 0 Å². The summed E-state index contributed by atoms with van der Waals surface area (Å²) in [6.07, 6.45) is 1.55. The average Bonchev–Trinajstić information content (AvgIpc) is 3.00. The molecule has 0 heterocycles. The first-order chi connectivity index (χ1) is 20.5. The van der Waals surface area contributed by atoms with Crippen LogP contribution in [0.15, 0.2) is 95.5 Å². The second kappa shape index (κ2) is 13.8. The number of amides is 3. The third kappa shape index (κ3) is 8.10. The van der Waals surface area contributed by atoms with Crippen LogP contribution in [-0.4, -0.2) is 23.0 Å². The number of hydrogen-bond acceptors (Lipinski definition) is 4. The van der Waals surface area contributed by atoms with Gasteiger partial charge in [-0.15, -0.1) is 11.8 Å². The number of hydrogen-bond donors (Lipinski definition) is 3. The fourth-order valence-electron chi connectivity index (χ4n) is 3.75. The molecule has 11 heteroatoms. The summed E-state index contributed by atoms with van der Waals surface area (Å²) in [4.78, 5) is 39.0. The van der Waals surface area contributed by atoms with Crippen molar-refractivity contribution in [2.75, 3.05) is 10.6 Å². The van der Waals surface area contributed by atoms with Gasteiger partial charge in [0.2, 0.25) is 5.91 Å². The summed E-state index contributed by atoms with van der Waals surface area (Å²) in [5.41, 5.74) is 1.29. The molecule has 0 aromatic heterocycles. The minimum Gasteiger partial charge on any atom is -0.321 e. The van der Waals surface area contributed by atoms with Crippen LogP contribution in [0.2, 0.25) is 0 Å². The summed E-state index contributed by atoms with van der Waals surface area (Å²) in [5, 5.41) is 6.37. The number of thioether (sulfide) groups is 1. The number of benzene rings is 4. The Kier molecular flexibility index (Phi) is 9.99. The quantitative estimate of drug-likeness (QED) is 0.0822. The van der Waals surface area contributed by atoms with Crippen LogP contribution in [0.4, 0.5) is 28.9 Å². The molecule has 220 valence electrons. The van der Waals surface area contributed by atoms with Crippen LogP contribution >= 0.6 is 11.8 Å². The molecule has 6 nitrogen and oxygen atoms in total. The van der Waals surface area contributed by atoms with E-state index in [1.165, 1.54) is 6.92 Å². The second-order valence-electron chi connectivity index (χ2n) is 9.36. The Morgan fingerprint density at radius 3 is 2.00 bits per heavy atom. The van der Waals surface area contributed by atoms with Crippen molar-refractivity contribution in [3.05, 3.63) is 131 Å². The van der Waals surface area contributed by atoms with Gasteiger partial charge in [0, 0.05) is 22.2 Å². The van der Waals surface area contributed by atoms with E-state index in [0.717, 1.165) is 17.3 Å². The summed E-state index contributed by atoms with van der Waals surface area (Å²) < 4.78 is 54.8. The van der Waals surface area contributed by atoms with Crippen LogP contribution < -0.4 is 16.0 Å². The van der Waals surface area contributed by atoms with Gasteiger partial charge in [-0.25, -0.2) is 17.6 Å². The average molecular weight is 608 g/mol. The number of carbonyl (C=O) groups excluding carboxylic acids is 3. The zero-order chi connectivity index (χ0) is 31.1. The van der Waals surface area contributed by atoms with Gasteiger partial charge >= 0.3 is 0 Å². The van der Waals surface area contributed by atoms with Crippen LogP contribution in [0.1, 0.15) is 28.4 Å². The lowest BCUT2D eigenvalue weighted by Gasteiger charge is -2.14. The van der Waals surface area contributed by atoms with Crippen LogP contribution in [0, 0.1) is 30.2 Å². The predicted octanol–water partition coefficient (Wildman–Crippen LogP) is 7.08. The molecule has 0 radical (unpaired) electrons. The first kappa shape index (κ1) is 31.0. The highest BCUT2D eigenvalue weighted by molar-refractivity contribution is 8.00. The third-order valence-corrected chi connectivity index (χ3v) is 7.18. The van der Waals surface area contributed by atoms with E-state index >= 15 is 0 Å². The first-order valence-electron chi connectivity index (χ1n) is 12.9. The van der Waals surface area contributed by atoms with Gasteiger partial charge in [0.15, 0.2) is 23.3 Å². The Morgan fingerprint density at radius 1 is 0.791 bits per heavy atom. The Hall–Kier alpha value is -4.90. The fourth-order valence-corrected chi connectivity index (χ4v) is 4.62. The molecule has 0 saturated heterocycles. The van der Waals surface area contributed by atoms with Crippen molar-refractivity contribution in [3.8, 4) is 0 Å². The summed E-state index contributed by atoms with van der Waals surface area (Å²) >= 11 is 1.01. The molecule has 0 fully saturated rings. The standard InChI is InChI=1S/C32H25F4N3O3S/c1-18-8-10-20(11-9-18)16-26(38-31(41)21-6-4-3-5-7-21)32(42)37-22-12-14-23(15-13-22)43-19(2)30(40)39-29-27(35)24(33)17-25(34)28(29)36/h3-17,19H,1-2H3,(H,37,42)(H,38,41)(H,39,40)/b26-16-. The zero-order valence-corrected chi connectivity index (χ0v) is 23.7. The van der Waals surface area contributed by atoms with Crippen LogP contribution in [-0.2, 0) is 9.59 Å². The van der Waals surface area contributed by atoms with E-state index in [2.05, 4.69) is 10.6 Å². The van der Waals surface area contributed by atoms with E-state index < -0.39 is 51.9 Å². The number of rotatable bonds is 9. The molecular weight excluding hydrogens is 582 g/mol.